The summed E-state index contributed by atoms with van der Waals surface area (Å²) < 4.78 is 14.1. The van der Waals surface area contributed by atoms with E-state index in [1.54, 1.807) is 13.8 Å². The van der Waals surface area contributed by atoms with E-state index in [-0.39, 0.29) is 19.0 Å². The molecular formula is C18H24N2O4. The van der Waals surface area contributed by atoms with E-state index >= 15 is 0 Å². The molecule has 2 aromatic heterocycles. The highest BCUT2D eigenvalue weighted by atomic mass is 16.5. The molecule has 0 radical (unpaired) electrons. The normalized spacial score (nSPS) is 10.7. The van der Waals surface area contributed by atoms with Gasteiger partial charge in [-0.05, 0) is 38.5 Å². The minimum Gasteiger partial charge on any atom is -0.466 e. The summed E-state index contributed by atoms with van der Waals surface area (Å²) in [5.74, 6) is -0.771. The molecule has 2 rings (SSSR count). The largest absolute Gasteiger partial charge is 0.466 e. The van der Waals surface area contributed by atoms with Crippen molar-refractivity contribution in [2.24, 2.45) is 14.1 Å². The summed E-state index contributed by atoms with van der Waals surface area (Å²) in [6.45, 7) is 5.99. The topological polar surface area (TPSA) is 62.5 Å². The first-order valence-electron chi connectivity index (χ1n) is 8.04. The van der Waals surface area contributed by atoms with Crippen molar-refractivity contribution in [3.05, 3.63) is 35.2 Å². The van der Waals surface area contributed by atoms with Crippen molar-refractivity contribution in [3.8, 4) is 11.4 Å². The van der Waals surface area contributed by atoms with Crippen LogP contribution in [0.15, 0.2) is 18.3 Å². The van der Waals surface area contributed by atoms with Gasteiger partial charge in [0.25, 0.3) is 0 Å². The molecule has 0 saturated heterocycles. The Balaban J connectivity index is 2.61. The van der Waals surface area contributed by atoms with E-state index in [9.17, 15) is 9.59 Å². The number of hydrogen-bond donors (Lipinski definition) is 0. The van der Waals surface area contributed by atoms with E-state index in [4.69, 9.17) is 9.47 Å². The van der Waals surface area contributed by atoms with Crippen molar-refractivity contribution < 1.29 is 19.1 Å². The second-order valence-corrected chi connectivity index (χ2v) is 5.56. The van der Waals surface area contributed by atoms with Crippen LogP contribution in [0, 0.1) is 6.92 Å². The van der Waals surface area contributed by atoms with Gasteiger partial charge in [0, 0.05) is 26.0 Å². The lowest BCUT2D eigenvalue weighted by atomic mass is 10.1. The van der Waals surface area contributed by atoms with Crippen LogP contribution in [0.3, 0.4) is 0 Å². The summed E-state index contributed by atoms with van der Waals surface area (Å²) in [5, 5.41) is 0. The molecule has 0 aromatic carbocycles. The first-order valence-corrected chi connectivity index (χ1v) is 8.04. The van der Waals surface area contributed by atoms with Crippen LogP contribution in [0.1, 0.15) is 35.5 Å². The number of esters is 2. The van der Waals surface area contributed by atoms with Crippen LogP contribution in [0.25, 0.3) is 11.4 Å². The lowest BCUT2D eigenvalue weighted by Gasteiger charge is -2.09. The Labute approximate surface area is 142 Å². The molecule has 0 amide bonds. The molecule has 0 bridgehead atoms. The van der Waals surface area contributed by atoms with Crippen molar-refractivity contribution in [1.29, 1.82) is 0 Å². The average Bonchev–Trinajstić information content (AvgIpc) is 3.02. The van der Waals surface area contributed by atoms with Gasteiger partial charge in [-0.3, -0.25) is 4.79 Å². The second kappa shape index (κ2) is 7.38. The molecule has 130 valence electrons. The fraction of sp³-hybridized carbons (Fsp3) is 0.444. The molecule has 24 heavy (non-hydrogen) atoms. The number of aryl methyl sites for hydroxylation is 1. The van der Waals surface area contributed by atoms with Gasteiger partial charge in [-0.2, -0.15) is 0 Å². The molecule has 2 heterocycles. The molecule has 0 spiro atoms. The maximum atomic E-state index is 12.5. The fourth-order valence-electron chi connectivity index (χ4n) is 2.99. The molecule has 2 aromatic rings. The molecule has 0 atom stereocenters. The highest BCUT2D eigenvalue weighted by Crippen LogP contribution is 2.31. The first-order chi connectivity index (χ1) is 11.4. The molecule has 0 aliphatic rings. The van der Waals surface area contributed by atoms with Gasteiger partial charge in [0.2, 0.25) is 0 Å². The molecular weight excluding hydrogens is 308 g/mol. The van der Waals surface area contributed by atoms with Crippen LogP contribution in [-0.2, 0) is 34.8 Å². The zero-order chi connectivity index (χ0) is 17.9. The zero-order valence-corrected chi connectivity index (χ0v) is 14.9. The number of carbonyl (C=O) groups is 2. The Morgan fingerprint density at radius 2 is 1.79 bits per heavy atom. The van der Waals surface area contributed by atoms with Gasteiger partial charge in [-0.15, -0.1) is 0 Å². The maximum absolute atomic E-state index is 12.5. The lowest BCUT2D eigenvalue weighted by molar-refractivity contribution is -0.142. The Hall–Kier alpha value is -2.50. The molecule has 0 N–H and O–H groups in total. The standard InChI is InChI=1S/C18H24N2O4/c1-6-23-15(21)11-14-16(18(22)24-7-2)12(3)17(20(14)5)13-9-8-10-19(13)4/h8-10H,6-7,11H2,1-5H3. The van der Waals surface area contributed by atoms with E-state index in [0.29, 0.717) is 17.9 Å². The number of rotatable bonds is 6. The number of nitrogens with zero attached hydrogens (tertiary/aromatic N) is 2. The molecule has 0 saturated carbocycles. The molecule has 0 fully saturated rings. The van der Waals surface area contributed by atoms with Crippen LogP contribution in [0.2, 0.25) is 0 Å². The van der Waals surface area contributed by atoms with Gasteiger partial charge in [-0.25, -0.2) is 4.79 Å². The summed E-state index contributed by atoms with van der Waals surface area (Å²) in [4.78, 5) is 24.4. The zero-order valence-electron chi connectivity index (χ0n) is 14.9. The van der Waals surface area contributed by atoms with Crippen LogP contribution in [0.5, 0.6) is 0 Å². The van der Waals surface area contributed by atoms with E-state index in [0.717, 1.165) is 17.0 Å². The molecule has 6 nitrogen and oxygen atoms in total. The molecule has 0 aliphatic heterocycles. The van der Waals surface area contributed by atoms with Gasteiger partial charge in [0.15, 0.2) is 0 Å². The predicted octanol–water partition coefficient (Wildman–Crippen LogP) is 2.62. The molecule has 6 heteroatoms. The Morgan fingerprint density at radius 3 is 2.33 bits per heavy atom. The number of hydrogen-bond acceptors (Lipinski definition) is 4. The van der Waals surface area contributed by atoms with E-state index in [1.807, 2.05) is 48.5 Å². The number of ether oxygens (including phenoxy) is 2. The van der Waals surface area contributed by atoms with E-state index in [2.05, 4.69) is 0 Å². The number of aromatic nitrogens is 2. The van der Waals surface area contributed by atoms with Crippen LogP contribution in [0.4, 0.5) is 0 Å². The van der Waals surface area contributed by atoms with Gasteiger partial charge < -0.3 is 18.6 Å². The summed E-state index contributed by atoms with van der Waals surface area (Å²) >= 11 is 0. The summed E-state index contributed by atoms with van der Waals surface area (Å²) in [6, 6.07) is 3.92. The highest BCUT2D eigenvalue weighted by molar-refractivity contribution is 5.96. The Morgan fingerprint density at radius 1 is 1.12 bits per heavy atom. The number of carbonyl (C=O) groups excluding carboxylic acids is 2. The second-order valence-electron chi connectivity index (χ2n) is 5.56. The minimum absolute atomic E-state index is 0.0315. The van der Waals surface area contributed by atoms with Crippen LogP contribution < -0.4 is 0 Å². The smallest absolute Gasteiger partial charge is 0.340 e. The fourth-order valence-corrected chi connectivity index (χ4v) is 2.99. The Bertz CT molecular complexity index is 755. The third-order valence-electron chi connectivity index (χ3n) is 4.04. The minimum atomic E-state index is -0.412. The third-order valence-corrected chi connectivity index (χ3v) is 4.04. The third kappa shape index (κ3) is 3.22. The van der Waals surface area contributed by atoms with Gasteiger partial charge >= 0.3 is 11.9 Å². The molecule has 0 unspecified atom stereocenters. The Kier molecular flexibility index (Phi) is 5.49. The van der Waals surface area contributed by atoms with Gasteiger partial charge in [0.05, 0.1) is 36.6 Å². The van der Waals surface area contributed by atoms with Gasteiger partial charge in [0.1, 0.15) is 0 Å². The van der Waals surface area contributed by atoms with Crippen molar-refractivity contribution in [1.82, 2.24) is 9.13 Å². The van der Waals surface area contributed by atoms with Gasteiger partial charge in [-0.1, -0.05) is 0 Å². The first kappa shape index (κ1) is 17.8. The lowest BCUT2D eigenvalue weighted by Crippen LogP contribution is -2.15. The van der Waals surface area contributed by atoms with Crippen LogP contribution >= 0.6 is 0 Å². The SMILES string of the molecule is CCOC(=O)Cc1c(C(=O)OCC)c(C)c(-c2cccn2C)n1C. The summed E-state index contributed by atoms with van der Waals surface area (Å²) in [5.41, 5.74) is 3.72. The highest BCUT2D eigenvalue weighted by Gasteiger charge is 2.27. The van der Waals surface area contributed by atoms with Crippen LogP contribution in [-0.4, -0.2) is 34.3 Å². The van der Waals surface area contributed by atoms with Crippen molar-refractivity contribution >= 4 is 11.9 Å². The molecule has 0 aliphatic carbocycles. The van der Waals surface area contributed by atoms with Crippen molar-refractivity contribution in [2.45, 2.75) is 27.2 Å². The maximum Gasteiger partial charge on any atom is 0.340 e. The average molecular weight is 332 g/mol. The quantitative estimate of drug-likeness (QED) is 0.763. The summed E-state index contributed by atoms with van der Waals surface area (Å²) in [6.07, 6.45) is 1.97. The summed E-state index contributed by atoms with van der Waals surface area (Å²) in [7, 11) is 3.80. The predicted molar refractivity (Wildman–Crippen MR) is 90.9 cm³/mol. The van der Waals surface area contributed by atoms with Crippen molar-refractivity contribution in [2.75, 3.05) is 13.2 Å². The van der Waals surface area contributed by atoms with E-state index < -0.39 is 5.97 Å². The van der Waals surface area contributed by atoms with E-state index in [1.165, 1.54) is 0 Å². The van der Waals surface area contributed by atoms with Crippen molar-refractivity contribution in [3.63, 3.8) is 0 Å². The monoisotopic (exact) mass is 332 g/mol.